The van der Waals surface area contributed by atoms with Gasteiger partial charge in [0.05, 0.1) is 19.7 Å². The number of nitrogens with zero attached hydrogens (tertiary/aromatic N) is 2. The van der Waals surface area contributed by atoms with Crippen LogP contribution in [0, 0.1) is 0 Å². The second-order valence-corrected chi connectivity index (χ2v) is 3.85. The first-order valence-electron chi connectivity index (χ1n) is 5.69. The lowest BCUT2D eigenvalue weighted by atomic mass is 10.3. The number of nitrogens with one attached hydrogen (secondary N) is 2. The second kappa shape index (κ2) is 7.81. The predicted octanol–water partition coefficient (Wildman–Crippen LogP) is -0.376. The van der Waals surface area contributed by atoms with E-state index in [0.29, 0.717) is 19.7 Å². The zero-order chi connectivity index (χ0) is 12.5. The molecule has 0 unspecified atom stereocenters. The molecular formula is C11H20N4O2. The number of carbonyl (C=O) groups is 1. The summed E-state index contributed by atoms with van der Waals surface area (Å²) in [6.45, 7) is 4.16. The summed E-state index contributed by atoms with van der Waals surface area (Å²) in [4.78, 5) is 11.4. The van der Waals surface area contributed by atoms with Crippen molar-refractivity contribution in [2.75, 3.05) is 26.8 Å². The molecular weight excluding hydrogens is 220 g/mol. The van der Waals surface area contributed by atoms with Crippen molar-refractivity contribution < 1.29 is 9.53 Å². The van der Waals surface area contributed by atoms with E-state index in [1.807, 2.05) is 23.9 Å². The van der Waals surface area contributed by atoms with Gasteiger partial charge in [0.2, 0.25) is 5.91 Å². The lowest BCUT2D eigenvalue weighted by Gasteiger charge is -2.13. The third-order valence-corrected chi connectivity index (χ3v) is 2.26. The van der Waals surface area contributed by atoms with Crippen molar-refractivity contribution in [2.24, 2.45) is 0 Å². The molecule has 0 aromatic carbocycles. The molecule has 17 heavy (non-hydrogen) atoms. The van der Waals surface area contributed by atoms with E-state index in [9.17, 15) is 4.79 Å². The summed E-state index contributed by atoms with van der Waals surface area (Å²) in [5.41, 5.74) is 0. The molecule has 1 heterocycles. The van der Waals surface area contributed by atoms with Gasteiger partial charge in [-0.05, 0) is 13.0 Å². The normalized spacial score (nSPS) is 12.4. The molecule has 0 bridgehead atoms. The van der Waals surface area contributed by atoms with Crippen molar-refractivity contribution >= 4 is 5.91 Å². The Balaban J connectivity index is 2.10. The first-order chi connectivity index (χ1) is 8.22. The predicted molar refractivity (Wildman–Crippen MR) is 64.6 cm³/mol. The fourth-order valence-electron chi connectivity index (χ4n) is 1.38. The minimum Gasteiger partial charge on any atom is -0.383 e. The number of ether oxygens (including phenoxy) is 1. The van der Waals surface area contributed by atoms with Crippen LogP contribution in [0.2, 0.25) is 0 Å². The van der Waals surface area contributed by atoms with Crippen LogP contribution >= 0.6 is 0 Å². The Morgan fingerprint density at radius 3 is 3.06 bits per heavy atom. The van der Waals surface area contributed by atoms with E-state index in [2.05, 4.69) is 15.7 Å². The first kappa shape index (κ1) is 13.7. The fourth-order valence-corrected chi connectivity index (χ4v) is 1.38. The zero-order valence-corrected chi connectivity index (χ0v) is 10.3. The lowest BCUT2D eigenvalue weighted by molar-refractivity contribution is -0.120. The highest BCUT2D eigenvalue weighted by molar-refractivity contribution is 5.77. The Hall–Kier alpha value is -1.40. The Kier molecular flexibility index (Phi) is 6.27. The maximum absolute atomic E-state index is 11.4. The fraction of sp³-hybridized carbons (Fsp3) is 0.636. The molecule has 6 nitrogen and oxygen atoms in total. The molecule has 1 aromatic rings. The standard InChI is InChI=1S/C11H20N4O2/c1-10(9-15-6-3-4-14-15)13-8-11(16)12-5-7-17-2/h3-4,6,10,13H,5,7-9H2,1-2H3,(H,12,16)/t10-/m1/s1. The summed E-state index contributed by atoms with van der Waals surface area (Å²) in [5.74, 6) is -0.0191. The van der Waals surface area contributed by atoms with Gasteiger partial charge in [-0.1, -0.05) is 0 Å². The average molecular weight is 240 g/mol. The van der Waals surface area contributed by atoms with Crippen LogP contribution in [-0.4, -0.2) is 48.5 Å². The first-order valence-corrected chi connectivity index (χ1v) is 5.69. The van der Waals surface area contributed by atoms with Crippen LogP contribution in [0.15, 0.2) is 18.5 Å². The number of amides is 1. The van der Waals surface area contributed by atoms with Crippen molar-refractivity contribution in [1.29, 1.82) is 0 Å². The number of methoxy groups -OCH3 is 1. The molecule has 1 amide bonds. The molecule has 0 fully saturated rings. The SMILES string of the molecule is COCCNC(=O)CN[C@H](C)Cn1cccn1. The van der Waals surface area contributed by atoms with Crippen LogP contribution in [0.5, 0.6) is 0 Å². The van der Waals surface area contributed by atoms with Crippen LogP contribution in [0.3, 0.4) is 0 Å². The molecule has 0 aliphatic heterocycles. The topological polar surface area (TPSA) is 68.2 Å². The van der Waals surface area contributed by atoms with Gasteiger partial charge in [0.1, 0.15) is 0 Å². The van der Waals surface area contributed by atoms with E-state index < -0.39 is 0 Å². The Morgan fingerprint density at radius 2 is 2.41 bits per heavy atom. The number of carbonyl (C=O) groups excluding carboxylic acids is 1. The summed E-state index contributed by atoms with van der Waals surface area (Å²) < 4.78 is 6.68. The van der Waals surface area contributed by atoms with Crippen molar-refractivity contribution in [3.63, 3.8) is 0 Å². The van der Waals surface area contributed by atoms with Crippen molar-refractivity contribution in [1.82, 2.24) is 20.4 Å². The second-order valence-electron chi connectivity index (χ2n) is 3.85. The van der Waals surface area contributed by atoms with Gasteiger partial charge in [-0.2, -0.15) is 5.10 Å². The van der Waals surface area contributed by atoms with E-state index in [1.54, 1.807) is 13.3 Å². The highest BCUT2D eigenvalue weighted by atomic mass is 16.5. The van der Waals surface area contributed by atoms with Gasteiger partial charge in [-0.3, -0.25) is 9.48 Å². The highest BCUT2D eigenvalue weighted by Crippen LogP contribution is 1.89. The quantitative estimate of drug-likeness (QED) is 0.608. The van der Waals surface area contributed by atoms with Crippen LogP contribution in [0.25, 0.3) is 0 Å². The van der Waals surface area contributed by atoms with Gasteiger partial charge in [0.25, 0.3) is 0 Å². The van der Waals surface area contributed by atoms with E-state index in [-0.39, 0.29) is 11.9 Å². The smallest absolute Gasteiger partial charge is 0.234 e. The van der Waals surface area contributed by atoms with Gasteiger partial charge in [0.15, 0.2) is 0 Å². The van der Waals surface area contributed by atoms with Crippen molar-refractivity contribution in [2.45, 2.75) is 19.5 Å². The van der Waals surface area contributed by atoms with Gasteiger partial charge >= 0.3 is 0 Å². The lowest BCUT2D eigenvalue weighted by Crippen LogP contribution is -2.40. The van der Waals surface area contributed by atoms with Gasteiger partial charge in [-0.25, -0.2) is 0 Å². The maximum Gasteiger partial charge on any atom is 0.234 e. The average Bonchev–Trinajstić information content (AvgIpc) is 2.79. The van der Waals surface area contributed by atoms with Crippen molar-refractivity contribution in [3.05, 3.63) is 18.5 Å². The Morgan fingerprint density at radius 1 is 1.59 bits per heavy atom. The number of hydrogen-bond acceptors (Lipinski definition) is 4. The van der Waals surface area contributed by atoms with Crippen LogP contribution in [0.1, 0.15) is 6.92 Å². The third-order valence-electron chi connectivity index (χ3n) is 2.26. The molecule has 0 spiro atoms. The number of aromatic nitrogens is 2. The summed E-state index contributed by atoms with van der Waals surface area (Å²) in [7, 11) is 1.61. The van der Waals surface area contributed by atoms with Gasteiger partial charge < -0.3 is 15.4 Å². The summed E-state index contributed by atoms with van der Waals surface area (Å²) in [6, 6.07) is 2.08. The Labute approximate surface area is 101 Å². The molecule has 1 rings (SSSR count). The van der Waals surface area contributed by atoms with Crippen LogP contribution in [-0.2, 0) is 16.1 Å². The molecule has 0 radical (unpaired) electrons. The van der Waals surface area contributed by atoms with Crippen LogP contribution < -0.4 is 10.6 Å². The zero-order valence-electron chi connectivity index (χ0n) is 10.3. The largest absolute Gasteiger partial charge is 0.383 e. The molecule has 0 saturated carbocycles. The molecule has 2 N–H and O–H groups in total. The third kappa shape index (κ3) is 6.03. The monoisotopic (exact) mass is 240 g/mol. The minimum atomic E-state index is -0.0191. The van der Waals surface area contributed by atoms with E-state index in [0.717, 1.165) is 6.54 Å². The number of hydrogen-bond donors (Lipinski definition) is 2. The summed E-state index contributed by atoms with van der Waals surface area (Å²) in [5, 5.41) is 9.99. The van der Waals surface area contributed by atoms with Crippen LogP contribution in [0.4, 0.5) is 0 Å². The van der Waals surface area contributed by atoms with Crippen molar-refractivity contribution in [3.8, 4) is 0 Å². The molecule has 0 aliphatic carbocycles. The minimum absolute atomic E-state index is 0.0191. The van der Waals surface area contributed by atoms with Gasteiger partial charge in [-0.15, -0.1) is 0 Å². The molecule has 1 aromatic heterocycles. The Bertz CT molecular complexity index is 313. The van der Waals surface area contributed by atoms with E-state index in [1.165, 1.54) is 0 Å². The molecule has 1 atom stereocenters. The number of rotatable bonds is 8. The molecule has 0 aliphatic rings. The summed E-state index contributed by atoms with van der Waals surface area (Å²) >= 11 is 0. The van der Waals surface area contributed by atoms with E-state index >= 15 is 0 Å². The van der Waals surface area contributed by atoms with Gasteiger partial charge in [0, 0.05) is 32.1 Å². The summed E-state index contributed by atoms with van der Waals surface area (Å²) in [6.07, 6.45) is 3.64. The molecule has 0 saturated heterocycles. The highest BCUT2D eigenvalue weighted by Gasteiger charge is 2.05. The maximum atomic E-state index is 11.4. The van der Waals surface area contributed by atoms with E-state index in [4.69, 9.17) is 4.74 Å². The molecule has 6 heteroatoms. The molecule has 96 valence electrons.